The van der Waals surface area contributed by atoms with Crippen LogP contribution in [0.5, 0.6) is 0 Å². The first-order chi connectivity index (χ1) is 7.88. The van der Waals surface area contributed by atoms with Crippen LogP contribution in [0.1, 0.15) is 23.7 Å². The van der Waals surface area contributed by atoms with E-state index in [9.17, 15) is 13.2 Å². The van der Waals surface area contributed by atoms with Gasteiger partial charge in [0.05, 0.1) is 11.3 Å². The maximum Gasteiger partial charge on any atom is 0.335 e. The van der Waals surface area contributed by atoms with Crippen molar-refractivity contribution in [2.75, 3.05) is 17.1 Å². The summed E-state index contributed by atoms with van der Waals surface area (Å²) in [5.74, 6) is -1.00. The quantitative estimate of drug-likeness (QED) is 0.849. The average Bonchev–Trinajstić information content (AvgIpc) is 2.28. The normalized spacial score (nSPS) is 11.2. The van der Waals surface area contributed by atoms with Crippen molar-refractivity contribution in [2.45, 2.75) is 13.3 Å². The molecule has 0 radical (unpaired) electrons. The first kappa shape index (κ1) is 13.4. The van der Waals surface area contributed by atoms with Crippen molar-refractivity contribution in [2.24, 2.45) is 0 Å². The van der Waals surface area contributed by atoms with Crippen LogP contribution < -0.4 is 4.31 Å². The summed E-state index contributed by atoms with van der Waals surface area (Å²) in [4.78, 5) is 14.6. The fourth-order valence-corrected chi connectivity index (χ4v) is 2.44. The first-order valence-electron chi connectivity index (χ1n) is 5.04. The zero-order valence-electron chi connectivity index (χ0n) is 9.62. The molecular weight excluding hydrogens is 244 g/mol. The van der Waals surface area contributed by atoms with Crippen molar-refractivity contribution in [1.82, 2.24) is 4.98 Å². The summed E-state index contributed by atoms with van der Waals surface area (Å²) >= 11 is 0. The lowest BCUT2D eigenvalue weighted by molar-refractivity contribution is 0.0696. The Morgan fingerprint density at radius 3 is 2.71 bits per heavy atom. The third-order valence-electron chi connectivity index (χ3n) is 2.19. The third kappa shape index (κ3) is 3.16. The van der Waals surface area contributed by atoms with E-state index in [1.807, 2.05) is 0 Å². The van der Waals surface area contributed by atoms with Gasteiger partial charge in [0.1, 0.15) is 5.82 Å². The van der Waals surface area contributed by atoms with Crippen molar-refractivity contribution >= 4 is 21.8 Å². The van der Waals surface area contributed by atoms with Gasteiger partial charge in [-0.1, -0.05) is 6.92 Å². The van der Waals surface area contributed by atoms with Gasteiger partial charge >= 0.3 is 5.97 Å². The molecule has 1 N–H and O–H groups in total. The van der Waals surface area contributed by atoms with Gasteiger partial charge in [0.2, 0.25) is 10.0 Å². The van der Waals surface area contributed by atoms with E-state index >= 15 is 0 Å². The SMILES string of the molecule is CCCS(=O)(=O)N(C)c1cc(C(=O)O)ccn1. The second-order valence-corrected chi connectivity index (χ2v) is 5.61. The Morgan fingerprint density at radius 1 is 1.53 bits per heavy atom. The van der Waals surface area contributed by atoms with Crippen LogP contribution in [0.15, 0.2) is 18.3 Å². The Hall–Kier alpha value is -1.63. The fraction of sp³-hybridized carbons (Fsp3) is 0.400. The molecule has 6 nitrogen and oxygen atoms in total. The predicted molar refractivity (Wildman–Crippen MR) is 63.7 cm³/mol. The number of pyridine rings is 1. The van der Waals surface area contributed by atoms with Gasteiger partial charge in [-0.15, -0.1) is 0 Å². The first-order valence-corrected chi connectivity index (χ1v) is 6.65. The molecule has 0 aliphatic rings. The monoisotopic (exact) mass is 258 g/mol. The molecular formula is C10H14N2O4S. The molecule has 0 fully saturated rings. The van der Waals surface area contributed by atoms with Gasteiger partial charge in [-0.25, -0.2) is 18.2 Å². The van der Waals surface area contributed by atoms with Gasteiger partial charge in [0, 0.05) is 13.2 Å². The van der Waals surface area contributed by atoms with Crippen molar-refractivity contribution in [3.05, 3.63) is 23.9 Å². The van der Waals surface area contributed by atoms with E-state index in [2.05, 4.69) is 4.98 Å². The van der Waals surface area contributed by atoms with Crippen LogP contribution in [0.2, 0.25) is 0 Å². The molecule has 0 saturated heterocycles. The summed E-state index contributed by atoms with van der Waals surface area (Å²) in [6, 6.07) is 2.54. The highest BCUT2D eigenvalue weighted by molar-refractivity contribution is 7.92. The van der Waals surface area contributed by atoms with Gasteiger partial charge in [0.25, 0.3) is 0 Å². The van der Waals surface area contributed by atoms with Gasteiger partial charge in [-0.3, -0.25) is 4.31 Å². The van der Waals surface area contributed by atoms with Crippen LogP contribution in [0.4, 0.5) is 5.82 Å². The smallest absolute Gasteiger partial charge is 0.335 e. The van der Waals surface area contributed by atoms with Crippen LogP contribution in [0, 0.1) is 0 Å². The van der Waals surface area contributed by atoms with Crippen LogP contribution in [0.3, 0.4) is 0 Å². The van der Waals surface area contributed by atoms with Crippen molar-refractivity contribution in [3.8, 4) is 0 Å². The van der Waals surface area contributed by atoms with E-state index in [1.165, 1.54) is 25.4 Å². The number of carboxylic acid groups (broad SMARTS) is 1. The summed E-state index contributed by atoms with van der Waals surface area (Å²) in [6.45, 7) is 1.76. The maximum atomic E-state index is 11.8. The fourth-order valence-electron chi connectivity index (χ4n) is 1.26. The van der Waals surface area contributed by atoms with E-state index < -0.39 is 16.0 Å². The Morgan fingerprint density at radius 2 is 2.18 bits per heavy atom. The number of carbonyl (C=O) groups is 1. The molecule has 0 aliphatic heterocycles. The van der Waals surface area contributed by atoms with Crippen LogP contribution in [0.25, 0.3) is 0 Å². The Balaban J connectivity index is 3.08. The molecule has 0 atom stereocenters. The summed E-state index contributed by atoms with van der Waals surface area (Å²) in [5.41, 5.74) is 0.00792. The Bertz CT molecular complexity index is 513. The molecule has 7 heteroatoms. The second kappa shape index (κ2) is 5.13. The maximum absolute atomic E-state index is 11.8. The van der Waals surface area contributed by atoms with Crippen LogP contribution in [-0.2, 0) is 10.0 Å². The number of aromatic nitrogens is 1. The molecule has 1 rings (SSSR count). The Kier molecular flexibility index (Phi) is 4.06. The number of sulfonamides is 1. The summed E-state index contributed by atoms with van der Waals surface area (Å²) < 4.78 is 24.5. The van der Waals surface area contributed by atoms with Gasteiger partial charge in [-0.05, 0) is 18.6 Å². The minimum absolute atomic E-state index is 0.00246. The summed E-state index contributed by atoms with van der Waals surface area (Å²) in [6.07, 6.45) is 1.77. The lowest BCUT2D eigenvalue weighted by atomic mass is 10.3. The van der Waals surface area contributed by atoms with E-state index in [1.54, 1.807) is 6.92 Å². The number of aromatic carboxylic acids is 1. The van der Waals surface area contributed by atoms with Crippen LogP contribution >= 0.6 is 0 Å². The van der Waals surface area contributed by atoms with Crippen molar-refractivity contribution in [3.63, 3.8) is 0 Å². The van der Waals surface area contributed by atoms with Gasteiger partial charge in [-0.2, -0.15) is 0 Å². The largest absolute Gasteiger partial charge is 0.478 e. The van der Waals surface area contributed by atoms with Gasteiger partial charge in [0.15, 0.2) is 0 Å². The minimum atomic E-state index is -3.43. The number of nitrogens with zero attached hydrogens (tertiary/aromatic N) is 2. The number of hydrogen-bond donors (Lipinski definition) is 1. The molecule has 17 heavy (non-hydrogen) atoms. The van der Waals surface area contributed by atoms with E-state index in [0.717, 1.165) is 4.31 Å². The predicted octanol–water partition coefficient (Wildman–Crippen LogP) is 0.956. The molecule has 1 aromatic rings. The van der Waals surface area contributed by atoms with Crippen LogP contribution in [-0.4, -0.2) is 37.3 Å². The van der Waals surface area contributed by atoms with E-state index in [-0.39, 0.29) is 17.1 Å². The highest BCUT2D eigenvalue weighted by atomic mass is 32.2. The summed E-state index contributed by atoms with van der Waals surface area (Å²) in [7, 11) is -2.07. The van der Waals surface area contributed by atoms with Crippen molar-refractivity contribution < 1.29 is 18.3 Å². The number of anilines is 1. The topological polar surface area (TPSA) is 87.6 Å². The van der Waals surface area contributed by atoms with E-state index in [4.69, 9.17) is 5.11 Å². The minimum Gasteiger partial charge on any atom is -0.478 e. The number of carboxylic acids is 1. The Labute approximate surface area is 100.0 Å². The lowest BCUT2D eigenvalue weighted by Crippen LogP contribution is -2.29. The standard InChI is InChI=1S/C10H14N2O4S/c1-3-6-17(15,16)12(2)9-7-8(10(13)14)4-5-11-9/h4-5,7H,3,6H2,1-2H3,(H,13,14). The molecule has 0 amide bonds. The van der Waals surface area contributed by atoms with Gasteiger partial charge < -0.3 is 5.11 Å². The van der Waals surface area contributed by atoms with Crippen molar-refractivity contribution in [1.29, 1.82) is 0 Å². The molecule has 0 spiro atoms. The molecule has 0 aliphatic carbocycles. The lowest BCUT2D eigenvalue weighted by Gasteiger charge is -2.17. The molecule has 1 heterocycles. The molecule has 0 saturated carbocycles. The highest BCUT2D eigenvalue weighted by Gasteiger charge is 2.19. The van der Waals surface area contributed by atoms with E-state index in [0.29, 0.717) is 6.42 Å². The third-order valence-corrected chi connectivity index (χ3v) is 4.14. The average molecular weight is 258 g/mol. The number of rotatable bonds is 5. The zero-order valence-corrected chi connectivity index (χ0v) is 10.4. The second-order valence-electron chi connectivity index (χ2n) is 3.49. The molecule has 0 unspecified atom stereocenters. The zero-order chi connectivity index (χ0) is 13.1. The summed E-state index contributed by atoms with van der Waals surface area (Å²) in [5, 5.41) is 8.80. The molecule has 1 aromatic heterocycles. The molecule has 94 valence electrons. The molecule has 0 aromatic carbocycles. The molecule has 0 bridgehead atoms. The number of hydrogen-bond acceptors (Lipinski definition) is 4. The highest BCUT2D eigenvalue weighted by Crippen LogP contribution is 2.15.